The zero-order chi connectivity index (χ0) is 20.1. The molecule has 0 bridgehead atoms. The van der Waals surface area contributed by atoms with Crippen LogP contribution in [0, 0.1) is 5.92 Å². The van der Waals surface area contributed by atoms with Gasteiger partial charge in [-0.2, -0.15) is 0 Å². The van der Waals surface area contributed by atoms with Crippen LogP contribution in [0.1, 0.15) is 46.3 Å². The summed E-state index contributed by atoms with van der Waals surface area (Å²) in [4.78, 5) is 26.7. The lowest BCUT2D eigenvalue weighted by molar-refractivity contribution is 0.0674. The molecule has 28 heavy (non-hydrogen) atoms. The average Bonchev–Trinajstić information content (AvgIpc) is 2.96. The predicted octanol–water partition coefficient (Wildman–Crippen LogP) is 3.29. The SMILES string of the molecule is COCCN1C(=O)c2ccccc2C1Nc1ccc(C(=O)NCC(C)C)cc1. The van der Waals surface area contributed by atoms with Crippen molar-refractivity contribution in [3.63, 3.8) is 0 Å². The molecule has 1 unspecified atom stereocenters. The molecule has 2 aromatic carbocycles. The molecule has 0 aromatic heterocycles. The number of nitrogens with zero attached hydrogens (tertiary/aromatic N) is 1. The molecular weight excluding hydrogens is 354 g/mol. The first-order chi connectivity index (χ1) is 13.5. The number of hydrogen-bond donors (Lipinski definition) is 2. The molecule has 3 rings (SSSR count). The Morgan fingerprint density at radius 2 is 1.86 bits per heavy atom. The molecule has 1 aliphatic heterocycles. The van der Waals surface area contributed by atoms with Gasteiger partial charge in [0.2, 0.25) is 0 Å². The van der Waals surface area contributed by atoms with Gasteiger partial charge in [0.1, 0.15) is 6.17 Å². The Labute approximate surface area is 165 Å². The fourth-order valence-electron chi connectivity index (χ4n) is 3.22. The minimum atomic E-state index is -0.264. The fourth-order valence-corrected chi connectivity index (χ4v) is 3.22. The van der Waals surface area contributed by atoms with Crippen LogP contribution in [-0.2, 0) is 4.74 Å². The van der Waals surface area contributed by atoms with Crippen molar-refractivity contribution < 1.29 is 14.3 Å². The van der Waals surface area contributed by atoms with E-state index in [1.807, 2.05) is 36.4 Å². The number of anilines is 1. The minimum Gasteiger partial charge on any atom is -0.383 e. The first-order valence-electron chi connectivity index (χ1n) is 9.55. The maximum atomic E-state index is 12.8. The lowest BCUT2D eigenvalue weighted by Crippen LogP contribution is -2.35. The van der Waals surface area contributed by atoms with E-state index in [0.29, 0.717) is 36.7 Å². The number of carbonyl (C=O) groups excluding carboxylic acids is 2. The van der Waals surface area contributed by atoms with E-state index >= 15 is 0 Å². The summed E-state index contributed by atoms with van der Waals surface area (Å²) in [7, 11) is 1.62. The zero-order valence-corrected chi connectivity index (χ0v) is 16.6. The van der Waals surface area contributed by atoms with Gasteiger partial charge in [-0.1, -0.05) is 32.0 Å². The van der Waals surface area contributed by atoms with E-state index in [9.17, 15) is 9.59 Å². The molecule has 148 valence electrons. The Hall–Kier alpha value is -2.86. The Kier molecular flexibility index (Phi) is 6.31. The van der Waals surface area contributed by atoms with Crippen LogP contribution in [0.5, 0.6) is 0 Å². The van der Waals surface area contributed by atoms with Crippen molar-refractivity contribution in [2.45, 2.75) is 20.0 Å². The van der Waals surface area contributed by atoms with Crippen molar-refractivity contribution in [1.82, 2.24) is 10.2 Å². The number of rotatable bonds is 8. The van der Waals surface area contributed by atoms with Crippen molar-refractivity contribution in [3.8, 4) is 0 Å². The summed E-state index contributed by atoms with van der Waals surface area (Å²) in [5, 5.41) is 6.33. The number of benzene rings is 2. The highest BCUT2D eigenvalue weighted by Gasteiger charge is 2.36. The topological polar surface area (TPSA) is 70.7 Å². The summed E-state index contributed by atoms with van der Waals surface area (Å²) in [6.45, 7) is 5.73. The highest BCUT2D eigenvalue weighted by atomic mass is 16.5. The smallest absolute Gasteiger partial charge is 0.256 e. The lowest BCUT2D eigenvalue weighted by Gasteiger charge is -2.27. The van der Waals surface area contributed by atoms with Crippen LogP contribution in [-0.4, -0.2) is 43.5 Å². The van der Waals surface area contributed by atoms with E-state index in [0.717, 1.165) is 11.3 Å². The van der Waals surface area contributed by atoms with Gasteiger partial charge in [-0.25, -0.2) is 0 Å². The molecule has 6 heteroatoms. The van der Waals surface area contributed by atoms with Crippen LogP contribution in [0.4, 0.5) is 5.69 Å². The van der Waals surface area contributed by atoms with Gasteiger partial charge in [0.25, 0.3) is 11.8 Å². The summed E-state index contributed by atoms with van der Waals surface area (Å²) in [5.74, 6) is 0.320. The van der Waals surface area contributed by atoms with Crippen LogP contribution in [0.25, 0.3) is 0 Å². The summed E-state index contributed by atoms with van der Waals surface area (Å²) in [5.41, 5.74) is 3.12. The first-order valence-corrected chi connectivity index (χ1v) is 9.55. The molecule has 0 radical (unpaired) electrons. The highest BCUT2D eigenvalue weighted by molar-refractivity contribution is 5.99. The van der Waals surface area contributed by atoms with Crippen LogP contribution in [0.15, 0.2) is 48.5 Å². The third kappa shape index (κ3) is 4.34. The van der Waals surface area contributed by atoms with Crippen LogP contribution in [0.3, 0.4) is 0 Å². The van der Waals surface area contributed by atoms with Crippen molar-refractivity contribution in [2.75, 3.05) is 32.1 Å². The first kappa shape index (κ1) is 19.9. The standard InChI is InChI=1S/C22H27N3O3/c1-15(2)14-23-21(26)16-8-10-17(11-9-16)24-20-18-6-4-5-7-19(18)22(27)25(20)12-13-28-3/h4-11,15,20,24H,12-14H2,1-3H3,(H,23,26). The Morgan fingerprint density at radius 1 is 1.14 bits per heavy atom. The normalized spacial score (nSPS) is 15.6. The molecule has 0 aliphatic carbocycles. The van der Waals surface area contributed by atoms with Gasteiger partial charge in [0, 0.05) is 42.6 Å². The molecule has 1 atom stereocenters. The van der Waals surface area contributed by atoms with Crippen LogP contribution < -0.4 is 10.6 Å². The maximum absolute atomic E-state index is 12.8. The van der Waals surface area contributed by atoms with Crippen molar-refractivity contribution in [3.05, 3.63) is 65.2 Å². The van der Waals surface area contributed by atoms with Crippen molar-refractivity contribution >= 4 is 17.5 Å². The number of nitrogens with one attached hydrogen (secondary N) is 2. The number of fused-ring (bicyclic) bond motifs is 1. The van der Waals surface area contributed by atoms with Crippen LogP contribution in [0.2, 0.25) is 0 Å². The molecule has 2 amide bonds. The maximum Gasteiger partial charge on any atom is 0.256 e. The van der Waals surface area contributed by atoms with Gasteiger partial charge in [-0.05, 0) is 36.2 Å². The van der Waals surface area contributed by atoms with E-state index in [-0.39, 0.29) is 18.0 Å². The zero-order valence-electron chi connectivity index (χ0n) is 16.6. The van der Waals surface area contributed by atoms with Crippen molar-refractivity contribution in [1.29, 1.82) is 0 Å². The third-order valence-corrected chi connectivity index (χ3v) is 4.72. The van der Waals surface area contributed by atoms with Gasteiger partial charge in [-0.15, -0.1) is 0 Å². The van der Waals surface area contributed by atoms with E-state index in [2.05, 4.69) is 24.5 Å². The second kappa shape index (κ2) is 8.89. The van der Waals surface area contributed by atoms with Crippen molar-refractivity contribution in [2.24, 2.45) is 5.92 Å². The summed E-state index contributed by atoms with van der Waals surface area (Å²) in [6, 6.07) is 14.9. The van der Waals surface area contributed by atoms with Gasteiger partial charge in [0.05, 0.1) is 6.61 Å². The number of methoxy groups -OCH3 is 1. The van der Waals surface area contributed by atoms with Crippen LogP contribution >= 0.6 is 0 Å². The molecular formula is C22H27N3O3. The number of amides is 2. The highest BCUT2D eigenvalue weighted by Crippen LogP contribution is 2.34. The van der Waals surface area contributed by atoms with E-state index in [1.54, 1.807) is 24.1 Å². The van der Waals surface area contributed by atoms with Gasteiger partial charge in [0.15, 0.2) is 0 Å². The summed E-state index contributed by atoms with van der Waals surface area (Å²) >= 11 is 0. The quantitative estimate of drug-likeness (QED) is 0.736. The molecule has 0 spiro atoms. The Balaban J connectivity index is 1.75. The molecule has 6 nitrogen and oxygen atoms in total. The molecule has 0 saturated carbocycles. The molecule has 0 saturated heterocycles. The Morgan fingerprint density at radius 3 is 2.54 bits per heavy atom. The fraction of sp³-hybridized carbons (Fsp3) is 0.364. The Bertz CT molecular complexity index is 833. The minimum absolute atomic E-state index is 0.00478. The monoisotopic (exact) mass is 381 g/mol. The van der Waals surface area contributed by atoms with E-state index in [1.165, 1.54) is 0 Å². The van der Waals surface area contributed by atoms with E-state index < -0.39 is 0 Å². The summed E-state index contributed by atoms with van der Waals surface area (Å²) in [6.07, 6.45) is -0.264. The van der Waals surface area contributed by atoms with Gasteiger partial charge < -0.3 is 20.3 Å². The molecule has 1 heterocycles. The van der Waals surface area contributed by atoms with Gasteiger partial charge >= 0.3 is 0 Å². The molecule has 1 aliphatic rings. The second-order valence-corrected chi connectivity index (χ2v) is 7.31. The number of carbonyl (C=O) groups is 2. The largest absolute Gasteiger partial charge is 0.383 e. The number of hydrogen-bond acceptors (Lipinski definition) is 4. The lowest BCUT2D eigenvalue weighted by atomic mass is 10.1. The third-order valence-electron chi connectivity index (χ3n) is 4.72. The second-order valence-electron chi connectivity index (χ2n) is 7.31. The van der Waals surface area contributed by atoms with Gasteiger partial charge in [-0.3, -0.25) is 9.59 Å². The molecule has 2 N–H and O–H groups in total. The average molecular weight is 381 g/mol. The summed E-state index contributed by atoms with van der Waals surface area (Å²) < 4.78 is 5.17. The molecule has 2 aromatic rings. The van der Waals surface area contributed by atoms with E-state index in [4.69, 9.17) is 4.74 Å². The number of ether oxygens (including phenoxy) is 1. The predicted molar refractivity (Wildman–Crippen MR) is 109 cm³/mol. The molecule has 0 fully saturated rings.